The third kappa shape index (κ3) is 1.62. The Labute approximate surface area is 55.5 Å². The van der Waals surface area contributed by atoms with Crippen LogP contribution in [0.1, 0.15) is 5.56 Å². The van der Waals surface area contributed by atoms with E-state index in [1.807, 2.05) is 30.3 Å². The molecular formula is C9H7-. The summed E-state index contributed by atoms with van der Waals surface area (Å²) in [5.74, 6) is 2.33. The maximum Gasteiger partial charge on any atom is -0.00588 e. The van der Waals surface area contributed by atoms with E-state index in [4.69, 9.17) is 6.42 Å². The van der Waals surface area contributed by atoms with Crippen molar-refractivity contribution in [3.05, 3.63) is 42.3 Å². The van der Waals surface area contributed by atoms with Gasteiger partial charge in [0.1, 0.15) is 0 Å². The summed E-state index contributed by atoms with van der Waals surface area (Å²) in [5.41, 5.74) is 1.15. The number of hydrogen-bond donors (Lipinski definition) is 0. The minimum atomic E-state index is 0.626. The third-order valence-electron chi connectivity index (χ3n) is 1.14. The van der Waals surface area contributed by atoms with Gasteiger partial charge < -0.3 is 12.3 Å². The highest BCUT2D eigenvalue weighted by molar-refractivity contribution is 5.18. The summed E-state index contributed by atoms with van der Waals surface area (Å²) in [4.78, 5) is 0. The SMILES string of the molecule is [C-]#CCc1ccccc1. The van der Waals surface area contributed by atoms with E-state index >= 15 is 0 Å². The van der Waals surface area contributed by atoms with Gasteiger partial charge in [-0.2, -0.15) is 0 Å². The van der Waals surface area contributed by atoms with Gasteiger partial charge in [-0.1, -0.05) is 30.3 Å². The molecule has 0 radical (unpaired) electrons. The first-order valence-corrected chi connectivity index (χ1v) is 2.87. The molecule has 0 bridgehead atoms. The number of benzene rings is 1. The molecule has 0 saturated carbocycles. The second-order valence-corrected chi connectivity index (χ2v) is 1.84. The van der Waals surface area contributed by atoms with Crippen LogP contribution in [0.5, 0.6) is 0 Å². The lowest BCUT2D eigenvalue weighted by molar-refractivity contribution is 1.32. The van der Waals surface area contributed by atoms with Gasteiger partial charge in [0.2, 0.25) is 0 Å². The van der Waals surface area contributed by atoms with E-state index in [1.54, 1.807) is 0 Å². The Hall–Kier alpha value is -1.22. The zero-order valence-corrected chi connectivity index (χ0v) is 5.09. The number of hydrogen-bond acceptors (Lipinski definition) is 0. The van der Waals surface area contributed by atoms with E-state index in [1.165, 1.54) is 0 Å². The molecule has 0 spiro atoms. The van der Waals surface area contributed by atoms with Crippen LogP contribution < -0.4 is 0 Å². The van der Waals surface area contributed by atoms with Crippen LogP contribution in [0.4, 0.5) is 0 Å². The van der Waals surface area contributed by atoms with Gasteiger partial charge in [-0.3, -0.25) is 0 Å². The van der Waals surface area contributed by atoms with E-state index in [-0.39, 0.29) is 0 Å². The van der Waals surface area contributed by atoms with Crippen LogP contribution >= 0.6 is 0 Å². The second kappa shape index (κ2) is 2.94. The van der Waals surface area contributed by atoms with Crippen LogP contribution in [0.15, 0.2) is 30.3 Å². The monoisotopic (exact) mass is 115 g/mol. The van der Waals surface area contributed by atoms with Crippen molar-refractivity contribution in [3.63, 3.8) is 0 Å². The molecule has 0 fully saturated rings. The molecule has 0 saturated heterocycles. The molecule has 1 rings (SSSR count). The van der Waals surface area contributed by atoms with Crippen LogP contribution in [0.2, 0.25) is 0 Å². The van der Waals surface area contributed by atoms with Crippen molar-refractivity contribution in [1.29, 1.82) is 0 Å². The molecule has 0 heterocycles. The Kier molecular flexibility index (Phi) is 1.93. The minimum absolute atomic E-state index is 0.626. The van der Waals surface area contributed by atoms with E-state index in [2.05, 4.69) is 5.92 Å². The highest BCUT2D eigenvalue weighted by atomic mass is 13.9. The summed E-state index contributed by atoms with van der Waals surface area (Å²) in [6, 6.07) is 9.87. The average molecular weight is 115 g/mol. The summed E-state index contributed by atoms with van der Waals surface area (Å²) < 4.78 is 0. The van der Waals surface area contributed by atoms with Gasteiger partial charge in [0, 0.05) is 0 Å². The lowest BCUT2D eigenvalue weighted by atomic mass is 10.2. The van der Waals surface area contributed by atoms with E-state index in [9.17, 15) is 0 Å². The maximum atomic E-state index is 6.69. The molecule has 0 aliphatic heterocycles. The molecule has 0 atom stereocenters. The normalized spacial score (nSPS) is 8.33. The van der Waals surface area contributed by atoms with Gasteiger partial charge in [0.15, 0.2) is 0 Å². The van der Waals surface area contributed by atoms with Crippen LogP contribution in [0.25, 0.3) is 0 Å². The molecule has 0 nitrogen and oxygen atoms in total. The molecule has 0 amide bonds. The predicted molar refractivity (Wildman–Crippen MR) is 37.3 cm³/mol. The van der Waals surface area contributed by atoms with E-state index in [0.29, 0.717) is 6.42 Å². The zero-order chi connectivity index (χ0) is 6.53. The molecule has 1 aromatic rings. The summed E-state index contributed by atoms with van der Waals surface area (Å²) in [6.45, 7) is 0. The van der Waals surface area contributed by atoms with Crippen molar-refractivity contribution in [2.45, 2.75) is 6.42 Å². The molecular weight excluding hydrogens is 108 g/mol. The van der Waals surface area contributed by atoms with E-state index in [0.717, 1.165) is 5.56 Å². The van der Waals surface area contributed by atoms with Crippen molar-refractivity contribution in [2.75, 3.05) is 0 Å². The highest BCUT2D eigenvalue weighted by Gasteiger charge is 1.79. The van der Waals surface area contributed by atoms with Crippen LogP contribution in [-0.2, 0) is 6.42 Å². The Morgan fingerprint density at radius 2 is 1.89 bits per heavy atom. The van der Waals surface area contributed by atoms with Gasteiger partial charge in [0.25, 0.3) is 0 Å². The fraction of sp³-hybridized carbons (Fsp3) is 0.111. The molecule has 0 aliphatic rings. The fourth-order valence-electron chi connectivity index (χ4n) is 0.698. The zero-order valence-electron chi connectivity index (χ0n) is 5.09. The Morgan fingerprint density at radius 1 is 1.22 bits per heavy atom. The second-order valence-electron chi connectivity index (χ2n) is 1.84. The smallest absolute Gasteiger partial charge is 0.00588 e. The Morgan fingerprint density at radius 3 is 2.44 bits per heavy atom. The summed E-state index contributed by atoms with van der Waals surface area (Å²) >= 11 is 0. The maximum absolute atomic E-state index is 6.69. The first kappa shape index (κ1) is 5.91. The Balaban J connectivity index is 2.76. The topological polar surface area (TPSA) is 0 Å². The molecule has 1 aromatic carbocycles. The number of rotatable bonds is 1. The van der Waals surface area contributed by atoms with Crippen molar-refractivity contribution >= 4 is 0 Å². The van der Waals surface area contributed by atoms with Crippen molar-refractivity contribution < 1.29 is 0 Å². The molecule has 0 unspecified atom stereocenters. The lowest BCUT2D eigenvalue weighted by Crippen LogP contribution is -1.76. The molecule has 44 valence electrons. The quantitative estimate of drug-likeness (QED) is 0.387. The van der Waals surface area contributed by atoms with Crippen molar-refractivity contribution in [3.8, 4) is 5.92 Å². The minimum Gasteiger partial charge on any atom is -0.693 e. The average Bonchev–Trinajstić information content (AvgIpc) is 1.91. The van der Waals surface area contributed by atoms with Gasteiger partial charge in [0.05, 0.1) is 0 Å². The van der Waals surface area contributed by atoms with Gasteiger partial charge in [-0.15, -0.1) is 0 Å². The van der Waals surface area contributed by atoms with Crippen molar-refractivity contribution in [1.82, 2.24) is 0 Å². The van der Waals surface area contributed by atoms with Gasteiger partial charge >= 0.3 is 0 Å². The summed E-state index contributed by atoms with van der Waals surface area (Å²) in [7, 11) is 0. The van der Waals surface area contributed by atoms with Crippen LogP contribution in [0, 0.1) is 12.3 Å². The van der Waals surface area contributed by atoms with Gasteiger partial charge in [-0.25, -0.2) is 0 Å². The predicted octanol–water partition coefficient (Wildman–Crippen LogP) is 1.82. The molecule has 0 N–H and O–H groups in total. The largest absolute Gasteiger partial charge is 0.693 e. The fourth-order valence-corrected chi connectivity index (χ4v) is 0.698. The first-order valence-electron chi connectivity index (χ1n) is 2.87. The standard InChI is InChI=1S/C9H7/c1-2-6-9-7-4-3-5-8-9/h3-5,7-8H,6H2/q-1. The molecule has 9 heavy (non-hydrogen) atoms. The lowest BCUT2D eigenvalue weighted by Gasteiger charge is -1.93. The van der Waals surface area contributed by atoms with Crippen LogP contribution in [-0.4, -0.2) is 0 Å². The van der Waals surface area contributed by atoms with Crippen LogP contribution in [0.3, 0.4) is 0 Å². The summed E-state index contributed by atoms with van der Waals surface area (Å²) in [5, 5.41) is 0. The van der Waals surface area contributed by atoms with Gasteiger partial charge in [-0.05, 0) is 12.0 Å². The Bertz CT molecular complexity index is 203. The summed E-state index contributed by atoms with van der Waals surface area (Å²) in [6.07, 6.45) is 7.32. The molecule has 0 aromatic heterocycles. The van der Waals surface area contributed by atoms with Crippen molar-refractivity contribution in [2.24, 2.45) is 0 Å². The molecule has 0 heteroatoms. The van der Waals surface area contributed by atoms with E-state index < -0.39 is 0 Å². The first-order chi connectivity index (χ1) is 4.43. The third-order valence-corrected chi connectivity index (χ3v) is 1.14. The molecule has 0 aliphatic carbocycles. The highest BCUT2D eigenvalue weighted by Crippen LogP contribution is 1.96.